The summed E-state index contributed by atoms with van der Waals surface area (Å²) in [6.45, 7) is 9.20. The molecular weight excluding hydrogens is 204 g/mol. The molecule has 17 heavy (non-hydrogen) atoms. The first-order valence-corrected chi connectivity index (χ1v) is 7.78. The van der Waals surface area contributed by atoms with Gasteiger partial charge in [0.15, 0.2) is 0 Å². The number of rotatable bonds is 11. The van der Waals surface area contributed by atoms with Crippen LogP contribution in [0.2, 0.25) is 0 Å². The average molecular weight is 238 g/mol. The van der Waals surface area contributed by atoms with Crippen LogP contribution in [0, 0.1) is 11.8 Å². The van der Waals surface area contributed by atoms with Gasteiger partial charge in [0, 0.05) is 0 Å². The van der Waals surface area contributed by atoms with E-state index in [-0.39, 0.29) is 0 Å². The van der Waals surface area contributed by atoms with Gasteiger partial charge in [-0.05, 0) is 31.1 Å². The van der Waals surface area contributed by atoms with Crippen LogP contribution in [0.1, 0.15) is 85.5 Å². The molecule has 0 aliphatic rings. The zero-order chi connectivity index (χ0) is 12.9. The SMILES string of the molecule is CC(C)C/C=C/CCCCCCCCC(C)C. The molecule has 0 heterocycles. The molecule has 0 aromatic heterocycles. The number of hydrogen-bond acceptors (Lipinski definition) is 0. The zero-order valence-corrected chi connectivity index (χ0v) is 12.7. The van der Waals surface area contributed by atoms with Crippen LogP contribution in [0.15, 0.2) is 12.2 Å². The summed E-state index contributed by atoms with van der Waals surface area (Å²) in [5, 5.41) is 0. The highest BCUT2D eigenvalue weighted by Gasteiger charge is 1.94. The molecule has 0 saturated carbocycles. The summed E-state index contributed by atoms with van der Waals surface area (Å²) < 4.78 is 0. The summed E-state index contributed by atoms with van der Waals surface area (Å²) in [7, 11) is 0. The molecule has 0 radical (unpaired) electrons. The van der Waals surface area contributed by atoms with Crippen molar-refractivity contribution in [2.45, 2.75) is 85.5 Å². The molecule has 0 spiro atoms. The van der Waals surface area contributed by atoms with E-state index < -0.39 is 0 Å². The molecule has 0 aliphatic heterocycles. The lowest BCUT2D eigenvalue weighted by Crippen LogP contribution is -1.87. The third-order valence-corrected chi connectivity index (χ3v) is 3.18. The molecule has 0 aromatic carbocycles. The lowest BCUT2D eigenvalue weighted by atomic mass is 10.0. The van der Waals surface area contributed by atoms with Gasteiger partial charge in [0.2, 0.25) is 0 Å². The first-order chi connectivity index (χ1) is 8.13. The second-order valence-electron chi connectivity index (χ2n) is 6.19. The molecule has 0 bridgehead atoms. The van der Waals surface area contributed by atoms with Gasteiger partial charge in [-0.25, -0.2) is 0 Å². The van der Waals surface area contributed by atoms with Gasteiger partial charge in [0.25, 0.3) is 0 Å². The van der Waals surface area contributed by atoms with Crippen molar-refractivity contribution < 1.29 is 0 Å². The predicted molar refractivity (Wildman–Crippen MR) is 80.4 cm³/mol. The maximum Gasteiger partial charge on any atom is -0.0327 e. The topological polar surface area (TPSA) is 0 Å². The molecule has 0 atom stereocenters. The maximum absolute atomic E-state index is 2.37. The van der Waals surface area contributed by atoms with Gasteiger partial charge in [0.1, 0.15) is 0 Å². The molecule has 0 N–H and O–H groups in total. The summed E-state index contributed by atoms with van der Waals surface area (Å²) in [5.41, 5.74) is 0. The number of hydrogen-bond donors (Lipinski definition) is 0. The monoisotopic (exact) mass is 238 g/mol. The fraction of sp³-hybridized carbons (Fsp3) is 0.882. The maximum atomic E-state index is 2.37. The van der Waals surface area contributed by atoms with Gasteiger partial charge in [-0.3, -0.25) is 0 Å². The first-order valence-electron chi connectivity index (χ1n) is 7.78. The fourth-order valence-electron chi connectivity index (χ4n) is 2.01. The highest BCUT2D eigenvalue weighted by molar-refractivity contribution is 4.82. The van der Waals surface area contributed by atoms with Gasteiger partial charge in [-0.1, -0.05) is 78.4 Å². The van der Waals surface area contributed by atoms with Crippen LogP contribution in [0.4, 0.5) is 0 Å². The van der Waals surface area contributed by atoms with Crippen molar-refractivity contribution in [1.29, 1.82) is 0 Å². The molecule has 0 heteroatoms. The lowest BCUT2D eigenvalue weighted by Gasteiger charge is -2.03. The van der Waals surface area contributed by atoms with Gasteiger partial charge >= 0.3 is 0 Å². The van der Waals surface area contributed by atoms with Gasteiger partial charge in [-0.15, -0.1) is 0 Å². The molecule has 0 unspecified atom stereocenters. The fourth-order valence-corrected chi connectivity index (χ4v) is 2.01. The van der Waals surface area contributed by atoms with Crippen LogP contribution >= 0.6 is 0 Å². The van der Waals surface area contributed by atoms with Crippen molar-refractivity contribution in [3.8, 4) is 0 Å². The van der Waals surface area contributed by atoms with Crippen molar-refractivity contribution in [3.05, 3.63) is 12.2 Å². The van der Waals surface area contributed by atoms with E-state index >= 15 is 0 Å². The normalized spacial score (nSPS) is 12.1. The van der Waals surface area contributed by atoms with Crippen molar-refractivity contribution >= 4 is 0 Å². The third kappa shape index (κ3) is 15.7. The van der Waals surface area contributed by atoms with Gasteiger partial charge < -0.3 is 0 Å². The van der Waals surface area contributed by atoms with E-state index in [4.69, 9.17) is 0 Å². The number of unbranched alkanes of at least 4 members (excludes halogenated alkanes) is 6. The van der Waals surface area contributed by atoms with Crippen LogP contribution in [0.3, 0.4) is 0 Å². The standard InChI is InChI=1S/C17H34/c1-16(2)14-12-10-8-6-5-7-9-11-13-15-17(3)4/h10,12,16-17H,5-9,11,13-15H2,1-4H3/b12-10+. The smallest absolute Gasteiger partial charge is 0.0327 e. The van der Waals surface area contributed by atoms with E-state index in [0.29, 0.717) is 0 Å². The van der Waals surface area contributed by atoms with E-state index in [1.807, 2.05) is 0 Å². The molecule has 0 saturated heterocycles. The molecule has 102 valence electrons. The Bertz CT molecular complexity index is 165. The average Bonchev–Trinajstić information content (AvgIpc) is 2.25. The Morgan fingerprint density at radius 3 is 1.82 bits per heavy atom. The van der Waals surface area contributed by atoms with Gasteiger partial charge in [-0.2, -0.15) is 0 Å². The van der Waals surface area contributed by atoms with E-state index in [9.17, 15) is 0 Å². The predicted octanol–water partition coefficient (Wildman–Crippen LogP) is 6.37. The van der Waals surface area contributed by atoms with E-state index in [1.54, 1.807) is 0 Å². The molecule has 0 rings (SSSR count). The van der Waals surface area contributed by atoms with Gasteiger partial charge in [0.05, 0.1) is 0 Å². The Morgan fingerprint density at radius 2 is 1.24 bits per heavy atom. The molecule has 0 aliphatic carbocycles. The van der Waals surface area contributed by atoms with Crippen molar-refractivity contribution in [2.24, 2.45) is 11.8 Å². The van der Waals surface area contributed by atoms with E-state index in [1.165, 1.54) is 57.8 Å². The van der Waals surface area contributed by atoms with Crippen molar-refractivity contribution in [2.75, 3.05) is 0 Å². The molecule has 0 amide bonds. The summed E-state index contributed by atoms with van der Waals surface area (Å²) in [4.78, 5) is 0. The molecule has 0 aromatic rings. The second kappa shape index (κ2) is 12.2. The largest absolute Gasteiger partial charge is 0.0885 e. The number of allylic oxidation sites excluding steroid dienone is 2. The third-order valence-electron chi connectivity index (χ3n) is 3.18. The van der Waals surface area contributed by atoms with Crippen LogP contribution in [0.25, 0.3) is 0 Å². The highest BCUT2D eigenvalue weighted by atomic mass is 14.0. The van der Waals surface area contributed by atoms with Crippen LogP contribution in [-0.4, -0.2) is 0 Å². The Labute approximate surface area is 110 Å². The molecular formula is C17H34. The second-order valence-corrected chi connectivity index (χ2v) is 6.19. The van der Waals surface area contributed by atoms with Crippen LogP contribution < -0.4 is 0 Å². The summed E-state index contributed by atoms with van der Waals surface area (Å²) >= 11 is 0. The minimum absolute atomic E-state index is 0.812. The Balaban J connectivity index is 3.06. The van der Waals surface area contributed by atoms with E-state index in [0.717, 1.165) is 11.8 Å². The summed E-state index contributed by atoms with van der Waals surface area (Å²) in [6, 6.07) is 0. The Hall–Kier alpha value is -0.260. The van der Waals surface area contributed by atoms with Crippen LogP contribution in [-0.2, 0) is 0 Å². The summed E-state index contributed by atoms with van der Waals surface area (Å²) in [5.74, 6) is 1.70. The Morgan fingerprint density at radius 1 is 0.647 bits per heavy atom. The highest BCUT2D eigenvalue weighted by Crippen LogP contribution is 2.12. The first kappa shape index (κ1) is 16.7. The minimum Gasteiger partial charge on any atom is -0.0885 e. The van der Waals surface area contributed by atoms with Crippen LogP contribution in [0.5, 0.6) is 0 Å². The molecule has 0 nitrogen and oxygen atoms in total. The Kier molecular flexibility index (Phi) is 12.0. The van der Waals surface area contributed by atoms with Crippen molar-refractivity contribution in [1.82, 2.24) is 0 Å². The quantitative estimate of drug-likeness (QED) is 0.290. The minimum atomic E-state index is 0.812. The van der Waals surface area contributed by atoms with Crippen molar-refractivity contribution in [3.63, 3.8) is 0 Å². The lowest BCUT2D eigenvalue weighted by molar-refractivity contribution is 0.512. The molecule has 0 fully saturated rings. The van der Waals surface area contributed by atoms with E-state index in [2.05, 4.69) is 39.8 Å². The zero-order valence-electron chi connectivity index (χ0n) is 12.7. The summed E-state index contributed by atoms with van der Waals surface area (Å²) in [6.07, 6.45) is 17.3.